The van der Waals surface area contributed by atoms with Crippen LogP contribution in [0.1, 0.15) is 31.2 Å². The minimum atomic E-state index is 0.222. The molecule has 2 fully saturated rings. The fourth-order valence-electron chi connectivity index (χ4n) is 2.90. The van der Waals surface area contributed by atoms with E-state index in [1.165, 1.54) is 12.8 Å². The quantitative estimate of drug-likeness (QED) is 0.429. The first-order valence-corrected chi connectivity index (χ1v) is 9.18. The number of guanidine groups is 1. The number of nitrogens with zero attached hydrogens (tertiary/aromatic N) is 2. The molecule has 1 aromatic rings. The van der Waals surface area contributed by atoms with Crippen LogP contribution in [0.25, 0.3) is 0 Å². The van der Waals surface area contributed by atoms with E-state index in [0.717, 1.165) is 49.2 Å². The van der Waals surface area contributed by atoms with Crippen molar-refractivity contribution in [2.75, 3.05) is 38.3 Å². The lowest BCUT2D eigenvalue weighted by Crippen LogP contribution is -2.38. The number of anilines is 1. The Labute approximate surface area is 149 Å². The third kappa shape index (κ3) is 5.46. The predicted molar refractivity (Wildman–Crippen MR) is 99.8 cm³/mol. The lowest BCUT2D eigenvalue weighted by molar-refractivity contribution is -0.117. The van der Waals surface area contributed by atoms with Gasteiger partial charge in [0.1, 0.15) is 0 Å². The van der Waals surface area contributed by atoms with Crippen molar-refractivity contribution < 1.29 is 9.53 Å². The molecular formula is C19H28N4O2. The second-order valence-electron chi connectivity index (χ2n) is 6.69. The number of hydrogen-bond acceptors (Lipinski definition) is 3. The van der Waals surface area contributed by atoms with Crippen molar-refractivity contribution in [1.29, 1.82) is 0 Å². The van der Waals surface area contributed by atoms with Gasteiger partial charge in [0.05, 0.1) is 6.61 Å². The van der Waals surface area contributed by atoms with E-state index in [2.05, 4.69) is 27.8 Å². The van der Waals surface area contributed by atoms with Crippen LogP contribution in [0.15, 0.2) is 29.3 Å². The molecule has 0 atom stereocenters. The fraction of sp³-hybridized carbons (Fsp3) is 0.579. The second kappa shape index (κ2) is 8.85. The van der Waals surface area contributed by atoms with E-state index in [0.29, 0.717) is 19.6 Å². The van der Waals surface area contributed by atoms with Crippen LogP contribution in [-0.2, 0) is 16.1 Å². The Morgan fingerprint density at radius 3 is 2.72 bits per heavy atom. The van der Waals surface area contributed by atoms with Gasteiger partial charge in [-0.2, -0.15) is 0 Å². The summed E-state index contributed by atoms with van der Waals surface area (Å²) in [6.07, 6.45) is 4.26. The molecule has 0 bridgehead atoms. The molecule has 2 aliphatic rings. The highest BCUT2D eigenvalue weighted by molar-refractivity contribution is 5.95. The summed E-state index contributed by atoms with van der Waals surface area (Å²) in [4.78, 5) is 17.9. The number of benzene rings is 1. The SMILES string of the molecule is CN=C(NCCOCC1CC1)NCc1ccc(N2CCCC2=O)cc1. The predicted octanol–water partition coefficient (Wildman–Crippen LogP) is 1.90. The van der Waals surface area contributed by atoms with Gasteiger partial charge in [-0.25, -0.2) is 0 Å². The molecule has 6 heteroatoms. The Hall–Kier alpha value is -2.08. The largest absolute Gasteiger partial charge is 0.379 e. The summed E-state index contributed by atoms with van der Waals surface area (Å²) in [5, 5.41) is 6.56. The highest BCUT2D eigenvalue weighted by Gasteiger charge is 2.21. The summed E-state index contributed by atoms with van der Waals surface area (Å²) in [6.45, 7) is 3.87. The zero-order chi connectivity index (χ0) is 17.5. The first-order chi connectivity index (χ1) is 12.3. The van der Waals surface area contributed by atoms with Gasteiger partial charge < -0.3 is 20.3 Å². The third-order valence-corrected chi connectivity index (χ3v) is 4.59. The second-order valence-corrected chi connectivity index (χ2v) is 6.69. The molecule has 3 rings (SSSR count). The number of rotatable bonds is 8. The average molecular weight is 344 g/mol. The molecule has 0 aromatic heterocycles. The van der Waals surface area contributed by atoms with E-state index in [-0.39, 0.29) is 5.91 Å². The maximum Gasteiger partial charge on any atom is 0.227 e. The molecule has 1 aliphatic heterocycles. The zero-order valence-corrected chi connectivity index (χ0v) is 15.0. The van der Waals surface area contributed by atoms with E-state index in [9.17, 15) is 4.79 Å². The number of nitrogens with one attached hydrogen (secondary N) is 2. The third-order valence-electron chi connectivity index (χ3n) is 4.59. The molecule has 1 amide bonds. The molecule has 0 radical (unpaired) electrons. The normalized spacial score (nSPS) is 17.9. The monoisotopic (exact) mass is 344 g/mol. The first kappa shape index (κ1) is 17.7. The molecule has 25 heavy (non-hydrogen) atoms. The van der Waals surface area contributed by atoms with Crippen LogP contribution in [0, 0.1) is 5.92 Å². The summed E-state index contributed by atoms with van der Waals surface area (Å²) in [6, 6.07) is 8.14. The molecule has 1 saturated carbocycles. The summed E-state index contributed by atoms with van der Waals surface area (Å²) in [5.74, 6) is 1.80. The van der Waals surface area contributed by atoms with E-state index in [1.54, 1.807) is 7.05 Å². The topological polar surface area (TPSA) is 66.0 Å². The standard InChI is InChI=1S/C19H28N4O2/c1-20-19(21-10-12-25-14-16-4-5-16)22-13-15-6-8-17(9-7-15)23-11-2-3-18(23)24/h6-9,16H,2-5,10-14H2,1H3,(H2,20,21,22). The van der Waals surface area contributed by atoms with Gasteiger partial charge >= 0.3 is 0 Å². The smallest absolute Gasteiger partial charge is 0.227 e. The molecule has 0 spiro atoms. The average Bonchev–Trinajstić information content (AvgIpc) is 3.37. The minimum absolute atomic E-state index is 0.222. The van der Waals surface area contributed by atoms with Crippen LogP contribution < -0.4 is 15.5 Å². The molecule has 2 N–H and O–H groups in total. The van der Waals surface area contributed by atoms with Gasteiger partial charge in [0.2, 0.25) is 5.91 Å². The summed E-state index contributed by atoms with van der Waals surface area (Å²) < 4.78 is 5.61. The fourth-order valence-corrected chi connectivity index (χ4v) is 2.90. The molecule has 1 heterocycles. The number of hydrogen-bond donors (Lipinski definition) is 2. The Balaban J connectivity index is 1.38. The van der Waals surface area contributed by atoms with Crippen molar-refractivity contribution >= 4 is 17.6 Å². The van der Waals surface area contributed by atoms with Crippen molar-refractivity contribution in [1.82, 2.24) is 10.6 Å². The van der Waals surface area contributed by atoms with E-state index in [1.807, 2.05) is 17.0 Å². The molecule has 6 nitrogen and oxygen atoms in total. The van der Waals surface area contributed by atoms with Crippen LogP contribution >= 0.6 is 0 Å². The Kier molecular flexibility index (Phi) is 6.28. The van der Waals surface area contributed by atoms with Gasteiger partial charge in [0.25, 0.3) is 0 Å². The van der Waals surface area contributed by atoms with Gasteiger partial charge in [-0.05, 0) is 42.9 Å². The lowest BCUT2D eigenvalue weighted by atomic mass is 10.2. The van der Waals surface area contributed by atoms with Crippen molar-refractivity contribution in [2.45, 2.75) is 32.2 Å². The van der Waals surface area contributed by atoms with Crippen molar-refractivity contribution in [3.63, 3.8) is 0 Å². The Morgan fingerprint density at radius 2 is 2.08 bits per heavy atom. The van der Waals surface area contributed by atoms with E-state index >= 15 is 0 Å². The van der Waals surface area contributed by atoms with Crippen LogP contribution in [0.2, 0.25) is 0 Å². The maximum absolute atomic E-state index is 11.8. The first-order valence-electron chi connectivity index (χ1n) is 9.18. The Morgan fingerprint density at radius 1 is 1.28 bits per heavy atom. The van der Waals surface area contributed by atoms with Crippen molar-refractivity contribution in [3.8, 4) is 0 Å². The molecule has 1 aromatic carbocycles. The van der Waals surface area contributed by atoms with E-state index < -0.39 is 0 Å². The molecular weight excluding hydrogens is 316 g/mol. The Bertz CT molecular complexity index is 596. The van der Waals surface area contributed by atoms with Crippen LogP contribution in [0.4, 0.5) is 5.69 Å². The number of ether oxygens (including phenoxy) is 1. The van der Waals surface area contributed by atoms with Gasteiger partial charge in [-0.15, -0.1) is 0 Å². The van der Waals surface area contributed by atoms with Crippen LogP contribution in [-0.4, -0.2) is 45.2 Å². The molecule has 1 saturated heterocycles. The van der Waals surface area contributed by atoms with Gasteiger partial charge in [-0.3, -0.25) is 9.79 Å². The molecule has 136 valence electrons. The van der Waals surface area contributed by atoms with Crippen LogP contribution in [0.3, 0.4) is 0 Å². The highest BCUT2D eigenvalue weighted by Crippen LogP contribution is 2.28. The highest BCUT2D eigenvalue weighted by atomic mass is 16.5. The summed E-state index contributed by atoms with van der Waals surface area (Å²) in [7, 11) is 1.77. The molecule has 0 unspecified atom stereocenters. The number of carbonyl (C=O) groups is 1. The van der Waals surface area contributed by atoms with Gasteiger partial charge in [0, 0.05) is 45.4 Å². The van der Waals surface area contributed by atoms with Crippen LogP contribution in [0.5, 0.6) is 0 Å². The number of carbonyl (C=O) groups excluding carboxylic acids is 1. The maximum atomic E-state index is 11.8. The van der Waals surface area contributed by atoms with Gasteiger partial charge in [0.15, 0.2) is 5.96 Å². The zero-order valence-electron chi connectivity index (χ0n) is 15.0. The number of aliphatic imine (C=N–C) groups is 1. The number of amides is 1. The van der Waals surface area contributed by atoms with Gasteiger partial charge in [-0.1, -0.05) is 12.1 Å². The van der Waals surface area contributed by atoms with E-state index in [4.69, 9.17) is 4.74 Å². The minimum Gasteiger partial charge on any atom is -0.379 e. The molecule has 1 aliphatic carbocycles. The van der Waals surface area contributed by atoms with Crippen molar-refractivity contribution in [2.24, 2.45) is 10.9 Å². The summed E-state index contributed by atoms with van der Waals surface area (Å²) in [5.41, 5.74) is 2.14. The summed E-state index contributed by atoms with van der Waals surface area (Å²) >= 11 is 0. The lowest BCUT2D eigenvalue weighted by Gasteiger charge is -2.16. The van der Waals surface area contributed by atoms with Crippen molar-refractivity contribution in [3.05, 3.63) is 29.8 Å².